The van der Waals surface area contributed by atoms with Crippen molar-refractivity contribution in [2.75, 3.05) is 48.1 Å². The zero-order valence-electron chi connectivity index (χ0n) is 36.2. The first-order chi connectivity index (χ1) is 32.0. The molecular formula is C44H58N6O15S2. The largest absolute Gasteiger partial charge is 0.508 e. The number of rotatable bonds is 18. The number of phenolic OH excluding ortho intramolecular Hbond substituents is 1. The quantitative estimate of drug-likeness (QED) is 0.0425. The molecule has 2 aromatic rings. The third kappa shape index (κ3) is 11.9. The minimum Gasteiger partial charge on any atom is -0.508 e. The number of anilines is 1. The highest BCUT2D eigenvalue weighted by molar-refractivity contribution is 8.00. The highest BCUT2D eigenvalue weighted by atomic mass is 32.2. The van der Waals surface area contributed by atoms with Gasteiger partial charge in [0.1, 0.15) is 41.5 Å². The van der Waals surface area contributed by atoms with Crippen LogP contribution in [0.5, 0.6) is 5.75 Å². The number of carboxylic acid groups (broad SMARTS) is 1. The Morgan fingerprint density at radius 3 is 2.18 bits per heavy atom. The van der Waals surface area contributed by atoms with Gasteiger partial charge < -0.3 is 92.7 Å². The highest BCUT2D eigenvalue weighted by Crippen LogP contribution is 2.42. The van der Waals surface area contributed by atoms with Crippen molar-refractivity contribution in [1.82, 2.24) is 0 Å². The van der Waals surface area contributed by atoms with Gasteiger partial charge in [-0.15, -0.1) is 11.8 Å². The molecule has 7 rings (SSSR count). The Kier molecular flexibility index (Phi) is 17.2. The molecule has 1 saturated carbocycles. The van der Waals surface area contributed by atoms with Gasteiger partial charge in [0.25, 0.3) is 0 Å². The summed E-state index contributed by atoms with van der Waals surface area (Å²) in [5, 5.41) is 66.9. The number of carbonyl (C=O) groups is 2. The number of carboxylic acids is 1. The van der Waals surface area contributed by atoms with Gasteiger partial charge in [-0.25, -0.2) is 4.79 Å². The number of aromatic hydroxyl groups is 1. The number of hydrogen-bond acceptors (Lipinski definition) is 21. The first-order valence-electron chi connectivity index (χ1n) is 21.7. The lowest BCUT2D eigenvalue weighted by Crippen LogP contribution is -2.68. The van der Waals surface area contributed by atoms with Gasteiger partial charge in [-0.05, 0) is 54.8 Å². The molecule has 21 nitrogen and oxygen atoms in total. The van der Waals surface area contributed by atoms with Crippen LogP contribution in [0.4, 0.5) is 5.69 Å². The van der Waals surface area contributed by atoms with Crippen LogP contribution in [0.2, 0.25) is 0 Å². The molecule has 23 heteroatoms. The molecule has 3 heterocycles. The van der Waals surface area contributed by atoms with E-state index in [0.717, 1.165) is 0 Å². The molecule has 2 aromatic carbocycles. The normalized spacial score (nSPS) is 31.2. The lowest BCUT2D eigenvalue weighted by Gasteiger charge is -2.48. The van der Waals surface area contributed by atoms with E-state index in [9.17, 15) is 45.0 Å². The second kappa shape index (κ2) is 22.6. The van der Waals surface area contributed by atoms with Crippen molar-refractivity contribution in [3.05, 3.63) is 70.4 Å². The third-order valence-electron chi connectivity index (χ3n) is 12.0. The molecule has 0 aromatic heterocycles. The Hall–Kier alpha value is -3.99. The van der Waals surface area contributed by atoms with Gasteiger partial charge in [0.2, 0.25) is 5.91 Å². The fraction of sp³-hybridized carbons (Fsp3) is 0.523. The number of aliphatic hydroxyl groups excluding tert-OH is 4. The van der Waals surface area contributed by atoms with E-state index < -0.39 is 91.5 Å². The maximum atomic E-state index is 12.9. The van der Waals surface area contributed by atoms with Crippen molar-refractivity contribution in [3.63, 3.8) is 0 Å². The van der Waals surface area contributed by atoms with Gasteiger partial charge in [-0.1, -0.05) is 6.07 Å². The van der Waals surface area contributed by atoms with Crippen molar-refractivity contribution in [1.29, 1.82) is 0 Å². The Labute approximate surface area is 392 Å². The van der Waals surface area contributed by atoms with Crippen LogP contribution < -0.4 is 39.4 Å². The van der Waals surface area contributed by atoms with E-state index in [1.807, 2.05) is 0 Å². The van der Waals surface area contributed by atoms with Crippen LogP contribution >= 0.6 is 23.5 Å². The summed E-state index contributed by atoms with van der Waals surface area (Å²) in [6.07, 6.45) is -10.8. The Bertz CT molecular complexity index is 2370. The van der Waals surface area contributed by atoms with E-state index in [4.69, 9.17) is 56.8 Å². The van der Waals surface area contributed by atoms with E-state index in [0.29, 0.717) is 46.8 Å². The Morgan fingerprint density at radius 1 is 0.776 bits per heavy atom. The molecule has 17 N–H and O–H groups in total. The molecule has 5 aliphatic rings. The van der Waals surface area contributed by atoms with E-state index in [2.05, 4.69) is 5.32 Å². The molecule has 366 valence electrons. The summed E-state index contributed by atoms with van der Waals surface area (Å²) in [5.41, 5.74) is 32.2. The number of aromatic carboxylic acids is 1. The fourth-order valence-electron chi connectivity index (χ4n) is 8.48. The van der Waals surface area contributed by atoms with Crippen molar-refractivity contribution in [3.8, 4) is 28.2 Å². The molecule has 3 aliphatic heterocycles. The fourth-order valence-corrected chi connectivity index (χ4v) is 10.0. The molecule has 67 heavy (non-hydrogen) atoms. The molecule has 0 spiro atoms. The number of carbonyl (C=O) groups excluding carboxylic acids is 1. The summed E-state index contributed by atoms with van der Waals surface area (Å²) in [4.78, 5) is 37.5. The summed E-state index contributed by atoms with van der Waals surface area (Å²) in [6, 6.07) is 9.77. The SMILES string of the molecule is NC[C@H]1OC(OC2C(O)[C@@H](O[C@H]3OC(CSCCOCCSCC(=O)Nc4ccc(-c5c6ccc(=O)cc-6oc6cc(O)ccc56)c(C(=O)O)c4)[C@@H](O)C(N)C3O)C(N)C[C@@H]2N)[C@H](N)CC1O. The second-order valence-corrected chi connectivity index (χ2v) is 19.0. The first kappa shape index (κ1) is 50.9. The summed E-state index contributed by atoms with van der Waals surface area (Å²) < 4.78 is 35.4. The smallest absolute Gasteiger partial charge is 0.336 e. The molecule has 1 amide bonds. The van der Waals surface area contributed by atoms with E-state index in [-0.39, 0.29) is 70.6 Å². The molecule has 2 saturated heterocycles. The Morgan fingerprint density at radius 2 is 1.46 bits per heavy atom. The van der Waals surface area contributed by atoms with Crippen LogP contribution in [0.1, 0.15) is 23.2 Å². The summed E-state index contributed by atoms with van der Waals surface area (Å²) in [6.45, 7) is 0.688. The number of benzene rings is 3. The van der Waals surface area contributed by atoms with Gasteiger partial charge in [-0.2, -0.15) is 11.8 Å². The van der Waals surface area contributed by atoms with E-state index in [1.165, 1.54) is 53.9 Å². The predicted octanol–water partition coefficient (Wildman–Crippen LogP) is -0.884. The van der Waals surface area contributed by atoms with Crippen LogP contribution in [-0.4, -0.2) is 171 Å². The standard InChI is InChI=1S/C44H58N6O15S2/c45-16-32-29(53)15-28(48)43(62-32)64-40-26(46)14-27(47)41(39(40)57)65-44-38(56)36(49)37(55)33(63-44)17-66-9-7-60-8-10-67-18-34(54)50-19-1-4-22(25(11-19)42(58)59)35-23-5-2-20(51)12-30(23)61-31-13-21(52)3-6-24(31)35/h1-6,11-13,26-29,32-33,36-41,43-44,51,53,55-57H,7-10,14-18,45-49H2,(H,50,54)(H,58,59)/t26-,27?,28+,29?,32+,33?,36?,37+,38?,39?,40?,41-,43?,44+/m0/s1. The minimum absolute atomic E-state index is 0.0233. The maximum Gasteiger partial charge on any atom is 0.336 e. The van der Waals surface area contributed by atoms with Gasteiger partial charge >= 0.3 is 5.97 Å². The van der Waals surface area contributed by atoms with Crippen molar-refractivity contribution in [2.45, 2.75) is 98.4 Å². The number of hydrogen-bond donors (Lipinski definition) is 12. The Balaban J connectivity index is 0.844. The highest BCUT2D eigenvalue weighted by Gasteiger charge is 2.50. The number of nitrogens with one attached hydrogen (secondary N) is 1. The van der Waals surface area contributed by atoms with Crippen LogP contribution in [0, 0.1) is 0 Å². The van der Waals surface area contributed by atoms with Gasteiger partial charge in [0.05, 0.1) is 61.0 Å². The number of amides is 1. The number of thioether (sulfide) groups is 2. The number of aliphatic hydroxyl groups is 4. The molecular weight excluding hydrogens is 917 g/mol. The average Bonchev–Trinajstić information content (AvgIpc) is 3.28. The van der Waals surface area contributed by atoms with Crippen LogP contribution in [0.3, 0.4) is 0 Å². The zero-order valence-corrected chi connectivity index (χ0v) is 37.8. The number of ether oxygens (including phenoxy) is 5. The van der Waals surface area contributed by atoms with Gasteiger partial charge in [0.15, 0.2) is 18.0 Å². The van der Waals surface area contributed by atoms with Crippen LogP contribution in [0.15, 0.2) is 63.8 Å². The van der Waals surface area contributed by atoms with E-state index >= 15 is 0 Å². The van der Waals surface area contributed by atoms with Crippen LogP contribution in [-0.2, 0) is 28.5 Å². The van der Waals surface area contributed by atoms with Crippen molar-refractivity contribution < 1.29 is 68.3 Å². The molecule has 0 radical (unpaired) electrons. The second-order valence-electron chi connectivity index (χ2n) is 16.8. The van der Waals surface area contributed by atoms with Crippen molar-refractivity contribution >= 4 is 52.1 Å². The molecule has 0 bridgehead atoms. The topological polar surface area (TPSA) is 374 Å². The molecule has 8 unspecified atom stereocenters. The first-order valence-corrected chi connectivity index (χ1v) is 24.0. The summed E-state index contributed by atoms with van der Waals surface area (Å²) in [5.74, 6) is -0.134. The maximum absolute atomic E-state index is 12.9. The summed E-state index contributed by atoms with van der Waals surface area (Å²) in [7, 11) is 0. The van der Waals surface area contributed by atoms with E-state index in [1.54, 1.807) is 24.3 Å². The monoisotopic (exact) mass is 974 g/mol. The average molecular weight is 975 g/mol. The number of nitrogens with two attached hydrogens (primary N) is 5. The van der Waals surface area contributed by atoms with Gasteiger partial charge in [-0.3, -0.25) is 9.59 Å². The minimum atomic E-state index is -1.47. The lowest BCUT2D eigenvalue weighted by molar-refractivity contribution is -0.309. The number of phenols is 1. The van der Waals surface area contributed by atoms with Crippen molar-refractivity contribution in [2.24, 2.45) is 28.7 Å². The van der Waals surface area contributed by atoms with Gasteiger partial charge in [0, 0.05) is 70.2 Å². The third-order valence-corrected chi connectivity index (χ3v) is 13.9. The molecule has 14 atom stereocenters. The number of fused-ring (bicyclic) bond motifs is 2. The molecule has 2 aliphatic carbocycles. The zero-order chi connectivity index (χ0) is 48.1. The lowest BCUT2D eigenvalue weighted by atomic mass is 9.84. The predicted molar refractivity (Wildman–Crippen MR) is 249 cm³/mol. The van der Waals surface area contributed by atoms with Crippen LogP contribution in [0.25, 0.3) is 33.4 Å². The molecule has 3 fully saturated rings. The summed E-state index contributed by atoms with van der Waals surface area (Å²) >= 11 is 2.73.